The molecule has 0 fully saturated rings. The van der Waals surface area contributed by atoms with Crippen molar-refractivity contribution in [2.24, 2.45) is 0 Å². The number of hydrogen-bond donors (Lipinski definition) is 6. The molecule has 1 aromatic rings. The number of amides is 1. The van der Waals surface area contributed by atoms with E-state index in [1.165, 1.54) is 0 Å². The zero-order valence-corrected chi connectivity index (χ0v) is 11.3. The summed E-state index contributed by atoms with van der Waals surface area (Å²) in [5.41, 5.74) is 5.48. The molecule has 0 aliphatic carbocycles. The van der Waals surface area contributed by atoms with E-state index in [0.717, 1.165) is 0 Å². The number of fused-ring (bicyclic) bond motifs is 1. The van der Waals surface area contributed by atoms with Crippen molar-refractivity contribution >= 4 is 23.4 Å². The maximum Gasteiger partial charge on any atom is 0.277 e. The van der Waals surface area contributed by atoms with Gasteiger partial charge in [0.2, 0.25) is 11.9 Å². The average Bonchev–Trinajstić information content (AvgIpc) is 2.85. The Bertz CT molecular complexity index is 574. The fourth-order valence-corrected chi connectivity index (χ4v) is 1.92. The van der Waals surface area contributed by atoms with Gasteiger partial charge in [-0.2, -0.15) is 4.98 Å². The zero-order valence-electron chi connectivity index (χ0n) is 11.3. The summed E-state index contributed by atoms with van der Waals surface area (Å²) in [4.78, 5) is 31.4. The summed E-state index contributed by atoms with van der Waals surface area (Å²) in [6.45, 7) is 0.295. The highest BCUT2D eigenvalue weighted by Crippen LogP contribution is 2.25. The van der Waals surface area contributed by atoms with Crippen molar-refractivity contribution in [2.45, 2.75) is 12.5 Å². The first-order valence-electron chi connectivity index (χ1n) is 6.45. The molecule has 0 saturated heterocycles. The van der Waals surface area contributed by atoms with Crippen molar-refractivity contribution in [2.75, 3.05) is 42.3 Å². The van der Waals surface area contributed by atoms with E-state index >= 15 is 0 Å². The van der Waals surface area contributed by atoms with Gasteiger partial charge < -0.3 is 31.5 Å². The van der Waals surface area contributed by atoms with Crippen LogP contribution in [0.3, 0.4) is 0 Å². The third-order valence-electron chi connectivity index (χ3n) is 3.02. The van der Waals surface area contributed by atoms with Gasteiger partial charge in [-0.25, -0.2) is 0 Å². The summed E-state index contributed by atoms with van der Waals surface area (Å²) in [5.74, 6) is 0.163. The summed E-state index contributed by atoms with van der Waals surface area (Å²) in [7, 11) is 0. The van der Waals surface area contributed by atoms with Gasteiger partial charge in [-0.1, -0.05) is 0 Å². The van der Waals surface area contributed by atoms with Crippen molar-refractivity contribution in [3.8, 4) is 0 Å². The van der Waals surface area contributed by atoms with Gasteiger partial charge in [-0.05, 0) is 0 Å². The maximum atomic E-state index is 11.6. The van der Waals surface area contributed by atoms with Crippen LogP contribution in [-0.4, -0.2) is 58.6 Å². The van der Waals surface area contributed by atoms with Gasteiger partial charge in [-0.15, -0.1) is 0 Å². The number of carbonyl (C=O) groups is 1. The molecule has 116 valence electrons. The molecule has 1 unspecified atom stereocenters. The lowest BCUT2D eigenvalue weighted by Gasteiger charge is -2.16. The van der Waals surface area contributed by atoms with Gasteiger partial charge in [0.05, 0.1) is 19.4 Å². The molecule has 0 bridgehead atoms. The van der Waals surface area contributed by atoms with Gasteiger partial charge in [-0.3, -0.25) is 14.6 Å². The Balaban J connectivity index is 1.89. The highest BCUT2D eigenvalue weighted by molar-refractivity contribution is 5.77. The third kappa shape index (κ3) is 3.61. The van der Waals surface area contributed by atoms with Gasteiger partial charge in [0, 0.05) is 19.5 Å². The summed E-state index contributed by atoms with van der Waals surface area (Å²) in [6.07, 6.45) is -0.809. The van der Waals surface area contributed by atoms with E-state index in [-0.39, 0.29) is 30.4 Å². The largest absolute Gasteiger partial charge is 0.394 e. The lowest BCUT2D eigenvalue weighted by molar-refractivity contribution is -0.121. The lowest BCUT2D eigenvalue weighted by Crippen LogP contribution is -2.36. The Kier molecular flexibility index (Phi) is 4.60. The number of carbonyl (C=O) groups excluding carboxylic acids is 1. The van der Waals surface area contributed by atoms with E-state index < -0.39 is 12.7 Å². The van der Waals surface area contributed by atoms with E-state index in [0.29, 0.717) is 24.7 Å². The first kappa shape index (κ1) is 15.1. The molecular formula is C11H18N6O4. The number of nitrogens with two attached hydrogens (primary N) is 1. The number of aromatic amines is 1. The van der Waals surface area contributed by atoms with Gasteiger partial charge in [0.15, 0.2) is 5.82 Å². The Morgan fingerprint density at radius 2 is 2.33 bits per heavy atom. The fourth-order valence-electron chi connectivity index (χ4n) is 1.92. The summed E-state index contributed by atoms with van der Waals surface area (Å²) in [5, 5.41) is 23.2. The van der Waals surface area contributed by atoms with Crippen LogP contribution in [0.25, 0.3) is 0 Å². The minimum Gasteiger partial charge on any atom is -0.394 e. The monoisotopic (exact) mass is 298 g/mol. The smallest absolute Gasteiger partial charge is 0.277 e. The Morgan fingerprint density at radius 1 is 1.57 bits per heavy atom. The van der Waals surface area contributed by atoms with Crippen molar-refractivity contribution in [3.05, 3.63) is 10.4 Å². The molecule has 0 saturated carbocycles. The SMILES string of the molecule is Nc1nc2c(c(=O)[nH]1)NCN2CCC(=O)NCC(O)CO. The highest BCUT2D eigenvalue weighted by Gasteiger charge is 2.24. The van der Waals surface area contributed by atoms with Crippen LogP contribution < -0.4 is 26.8 Å². The van der Waals surface area contributed by atoms with E-state index in [1.54, 1.807) is 4.90 Å². The fraction of sp³-hybridized carbons (Fsp3) is 0.545. The molecule has 21 heavy (non-hydrogen) atoms. The Labute approximate surface area is 120 Å². The normalized spacial score (nSPS) is 14.5. The van der Waals surface area contributed by atoms with Crippen LogP contribution in [0.5, 0.6) is 0 Å². The number of rotatable bonds is 6. The second-order valence-electron chi connectivity index (χ2n) is 4.64. The molecule has 0 radical (unpaired) electrons. The molecule has 0 spiro atoms. The molecule has 0 aromatic carbocycles. The second-order valence-corrected chi connectivity index (χ2v) is 4.64. The number of aliphatic hydroxyl groups is 2. The van der Waals surface area contributed by atoms with E-state index in [9.17, 15) is 9.59 Å². The van der Waals surface area contributed by atoms with Crippen molar-refractivity contribution in [3.63, 3.8) is 0 Å². The molecule has 1 atom stereocenters. The van der Waals surface area contributed by atoms with Crippen LogP contribution in [0.2, 0.25) is 0 Å². The molecule has 1 amide bonds. The van der Waals surface area contributed by atoms with Crippen LogP contribution in [0, 0.1) is 0 Å². The van der Waals surface area contributed by atoms with Crippen LogP contribution >= 0.6 is 0 Å². The summed E-state index contributed by atoms with van der Waals surface area (Å²) < 4.78 is 0. The number of nitrogens with zero attached hydrogens (tertiary/aromatic N) is 2. The van der Waals surface area contributed by atoms with Crippen LogP contribution in [-0.2, 0) is 4.79 Å². The van der Waals surface area contributed by atoms with Crippen LogP contribution in [0.1, 0.15) is 6.42 Å². The molecule has 1 aliphatic heterocycles. The van der Waals surface area contributed by atoms with E-state index in [1.807, 2.05) is 0 Å². The number of hydrogen-bond acceptors (Lipinski definition) is 8. The van der Waals surface area contributed by atoms with Crippen molar-refractivity contribution in [1.82, 2.24) is 15.3 Å². The molecular weight excluding hydrogens is 280 g/mol. The maximum absolute atomic E-state index is 11.6. The predicted molar refractivity (Wildman–Crippen MR) is 75.8 cm³/mol. The first-order chi connectivity index (χ1) is 10.0. The van der Waals surface area contributed by atoms with Crippen molar-refractivity contribution in [1.29, 1.82) is 0 Å². The minimum atomic E-state index is -0.969. The Morgan fingerprint density at radius 3 is 3.05 bits per heavy atom. The summed E-state index contributed by atoms with van der Waals surface area (Å²) >= 11 is 0. The number of nitrogen functional groups attached to an aromatic ring is 1. The molecule has 1 aromatic heterocycles. The van der Waals surface area contributed by atoms with Gasteiger partial charge >= 0.3 is 0 Å². The predicted octanol–water partition coefficient (Wildman–Crippen LogP) is -2.60. The third-order valence-corrected chi connectivity index (χ3v) is 3.02. The number of nitrogens with one attached hydrogen (secondary N) is 3. The second kappa shape index (κ2) is 6.41. The molecule has 2 heterocycles. The highest BCUT2D eigenvalue weighted by atomic mass is 16.3. The van der Waals surface area contributed by atoms with Gasteiger partial charge in [0.25, 0.3) is 5.56 Å². The Hall–Kier alpha value is -2.33. The topological polar surface area (TPSA) is 157 Å². The van der Waals surface area contributed by atoms with E-state index in [2.05, 4.69) is 20.6 Å². The zero-order chi connectivity index (χ0) is 15.4. The number of H-pyrrole nitrogens is 1. The van der Waals surface area contributed by atoms with Crippen LogP contribution in [0.4, 0.5) is 17.5 Å². The number of anilines is 3. The number of aliphatic hydroxyl groups excluding tert-OH is 2. The lowest BCUT2D eigenvalue weighted by atomic mass is 10.3. The minimum absolute atomic E-state index is 0.00492. The molecule has 10 nitrogen and oxygen atoms in total. The molecule has 1 aliphatic rings. The quantitative estimate of drug-likeness (QED) is 0.334. The average molecular weight is 298 g/mol. The molecule has 7 N–H and O–H groups in total. The van der Waals surface area contributed by atoms with Gasteiger partial charge in [0.1, 0.15) is 5.69 Å². The first-order valence-corrected chi connectivity index (χ1v) is 6.45. The molecule has 10 heteroatoms. The molecule has 2 rings (SSSR count). The standard InChI is InChI=1S/C11H18N6O4/c12-11-15-9-8(10(21)16-11)14-5-17(9)2-1-7(20)13-3-6(19)4-18/h6,14,18-19H,1-5H2,(H,13,20)(H3,12,15,16,21). The van der Waals surface area contributed by atoms with E-state index in [4.69, 9.17) is 15.9 Å². The number of aromatic nitrogens is 2. The van der Waals surface area contributed by atoms with Crippen LogP contribution in [0.15, 0.2) is 4.79 Å². The van der Waals surface area contributed by atoms with Crippen molar-refractivity contribution < 1.29 is 15.0 Å². The summed E-state index contributed by atoms with van der Waals surface area (Å²) in [6, 6.07) is 0.